The zero-order valence-corrected chi connectivity index (χ0v) is 23.2. The van der Waals surface area contributed by atoms with Crippen molar-refractivity contribution in [1.29, 1.82) is 0 Å². The van der Waals surface area contributed by atoms with Crippen LogP contribution in [0.5, 0.6) is 0 Å². The summed E-state index contributed by atoms with van der Waals surface area (Å²) in [4.78, 5) is 25.6. The molecule has 2 saturated heterocycles. The van der Waals surface area contributed by atoms with E-state index in [9.17, 15) is 15.0 Å². The highest BCUT2D eigenvalue weighted by Crippen LogP contribution is 2.33. The number of aryl methyl sites for hydroxylation is 1. The van der Waals surface area contributed by atoms with Crippen LogP contribution in [0.25, 0.3) is 11.2 Å². The number of aliphatic hydroxyl groups excluding tert-OH is 1. The van der Waals surface area contributed by atoms with Crippen LogP contribution in [0.3, 0.4) is 0 Å². The molecular weight excluding hydrogens is 527 g/mol. The summed E-state index contributed by atoms with van der Waals surface area (Å²) in [5.41, 5.74) is 3.13. The van der Waals surface area contributed by atoms with Gasteiger partial charge in [-0.25, -0.2) is 14.6 Å². The largest absolute Gasteiger partial charge is 0.481 e. The maximum atomic E-state index is 11.2. The summed E-state index contributed by atoms with van der Waals surface area (Å²) in [5, 5.41) is 25.5. The lowest BCUT2D eigenvalue weighted by Gasteiger charge is -2.46. The van der Waals surface area contributed by atoms with E-state index in [0.29, 0.717) is 22.2 Å². The molecule has 0 spiro atoms. The molecule has 5 rings (SSSR count). The van der Waals surface area contributed by atoms with E-state index in [0.717, 1.165) is 61.5 Å². The molecule has 0 radical (unpaired) electrons. The Hall–Kier alpha value is -2.46. The topological polar surface area (TPSA) is 108 Å². The Labute approximate surface area is 232 Å². The molecule has 2 N–H and O–H groups in total. The van der Waals surface area contributed by atoms with Crippen LogP contribution < -0.4 is 4.90 Å². The van der Waals surface area contributed by atoms with Crippen molar-refractivity contribution in [3.63, 3.8) is 0 Å². The number of likely N-dealkylation sites (tertiary alicyclic amines) is 1. The molecule has 1 aromatic carbocycles. The zero-order valence-electron chi connectivity index (χ0n) is 21.7. The summed E-state index contributed by atoms with van der Waals surface area (Å²) in [5.74, 6) is 0.239. The number of anilines is 1. The van der Waals surface area contributed by atoms with Crippen LogP contribution in [0, 0.1) is 18.8 Å². The molecule has 4 heterocycles. The van der Waals surface area contributed by atoms with E-state index in [4.69, 9.17) is 38.3 Å². The zero-order chi connectivity index (χ0) is 27.0. The molecule has 0 saturated carbocycles. The number of benzene rings is 1. The van der Waals surface area contributed by atoms with E-state index in [1.807, 2.05) is 30.7 Å². The standard InChI is InChI=1S/C27H34Cl2N6O3/c1-16-26-27(35(32-16)17(2)21-6-5-20(28)11-22(21)29)31-24(12-30-26)34-9-7-23(19(14-34)15-36)33-8-3-4-18(13-33)10-25(37)38/h5-6,11-12,17-19,23,36H,3-4,7-10,13-15H2,1-2H3,(H,37,38)/t17?,18-,19-,23-/m0/s1. The van der Waals surface area contributed by atoms with Crippen molar-refractivity contribution in [2.45, 2.75) is 51.6 Å². The number of carboxylic acid groups (broad SMARTS) is 1. The van der Waals surface area contributed by atoms with Crippen LogP contribution in [-0.4, -0.2) is 79.7 Å². The number of carboxylic acids is 1. The van der Waals surface area contributed by atoms with Gasteiger partial charge in [0.15, 0.2) is 5.65 Å². The summed E-state index contributed by atoms with van der Waals surface area (Å²) in [6, 6.07) is 5.52. The average molecular weight is 562 g/mol. The van der Waals surface area contributed by atoms with E-state index in [-0.39, 0.29) is 36.9 Å². The Balaban J connectivity index is 1.37. The number of hydrogen-bond donors (Lipinski definition) is 2. The summed E-state index contributed by atoms with van der Waals surface area (Å²) >= 11 is 12.6. The molecule has 38 heavy (non-hydrogen) atoms. The van der Waals surface area contributed by atoms with Gasteiger partial charge in [0.2, 0.25) is 0 Å². The number of hydrogen-bond acceptors (Lipinski definition) is 7. The molecule has 0 aliphatic carbocycles. The molecule has 4 atom stereocenters. The molecule has 0 amide bonds. The molecule has 0 bridgehead atoms. The van der Waals surface area contributed by atoms with Gasteiger partial charge in [-0.15, -0.1) is 0 Å². The quantitative estimate of drug-likeness (QED) is 0.437. The first kappa shape index (κ1) is 27.1. The Kier molecular flexibility index (Phi) is 8.09. The minimum absolute atomic E-state index is 0.0447. The highest BCUT2D eigenvalue weighted by molar-refractivity contribution is 6.35. The third kappa shape index (κ3) is 5.47. The van der Waals surface area contributed by atoms with Crippen molar-refractivity contribution in [1.82, 2.24) is 24.6 Å². The van der Waals surface area contributed by atoms with Crippen molar-refractivity contribution in [2.24, 2.45) is 11.8 Å². The normalized spacial score (nSPS) is 23.6. The van der Waals surface area contributed by atoms with Gasteiger partial charge < -0.3 is 15.1 Å². The fourth-order valence-electron chi connectivity index (χ4n) is 6.14. The van der Waals surface area contributed by atoms with Crippen molar-refractivity contribution in [3.05, 3.63) is 45.7 Å². The van der Waals surface area contributed by atoms with E-state index in [1.165, 1.54) is 0 Å². The predicted octanol–water partition coefficient (Wildman–Crippen LogP) is 4.42. The molecule has 1 unspecified atom stereocenters. The minimum atomic E-state index is -0.735. The Morgan fingerprint density at radius 2 is 2.03 bits per heavy atom. The van der Waals surface area contributed by atoms with Crippen LogP contribution in [0.15, 0.2) is 24.4 Å². The van der Waals surface area contributed by atoms with Gasteiger partial charge in [-0.05, 0) is 63.3 Å². The van der Waals surface area contributed by atoms with Gasteiger partial charge in [0.05, 0.1) is 17.9 Å². The summed E-state index contributed by atoms with van der Waals surface area (Å²) in [6.45, 7) is 7.20. The number of halogens is 2. The van der Waals surface area contributed by atoms with Crippen LogP contribution >= 0.6 is 23.2 Å². The highest BCUT2D eigenvalue weighted by atomic mass is 35.5. The van der Waals surface area contributed by atoms with E-state index >= 15 is 0 Å². The maximum absolute atomic E-state index is 11.2. The first-order valence-electron chi connectivity index (χ1n) is 13.2. The lowest BCUT2D eigenvalue weighted by atomic mass is 9.87. The molecule has 2 fully saturated rings. The molecule has 2 aromatic heterocycles. The number of piperidine rings is 2. The van der Waals surface area contributed by atoms with Crippen LogP contribution in [-0.2, 0) is 4.79 Å². The van der Waals surface area contributed by atoms with Crippen LogP contribution in [0.2, 0.25) is 10.0 Å². The highest BCUT2D eigenvalue weighted by Gasteiger charge is 2.36. The minimum Gasteiger partial charge on any atom is -0.481 e. The van der Waals surface area contributed by atoms with Crippen molar-refractivity contribution < 1.29 is 15.0 Å². The smallest absolute Gasteiger partial charge is 0.303 e. The second kappa shape index (κ2) is 11.3. The van der Waals surface area contributed by atoms with Gasteiger partial charge in [0.25, 0.3) is 0 Å². The van der Waals surface area contributed by atoms with Gasteiger partial charge in [0, 0.05) is 54.7 Å². The van der Waals surface area contributed by atoms with E-state index in [1.54, 1.807) is 12.3 Å². The van der Waals surface area contributed by atoms with E-state index < -0.39 is 5.97 Å². The molecule has 3 aromatic rings. The second-order valence-corrected chi connectivity index (χ2v) is 11.5. The molecule has 9 nitrogen and oxygen atoms in total. The average Bonchev–Trinajstić information content (AvgIpc) is 3.23. The third-order valence-corrected chi connectivity index (χ3v) is 8.64. The monoisotopic (exact) mass is 560 g/mol. The Morgan fingerprint density at radius 3 is 2.76 bits per heavy atom. The molecule has 2 aliphatic heterocycles. The number of rotatable bonds is 7. The van der Waals surface area contributed by atoms with Gasteiger partial charge in [-0.3, -0.25) is 9.69 Å². The summed E-state index contributed by atoms with van der Waals surface area (Å²) in [6.07, 6.45) is 4.83. The molecular formula is C27H34Cl2N6O3. The molecule has 2 aliphatic rings. The second-order valence-electron chi connectivity index (χ2n) is 10.6. The van der Waals surface area contributed by atoms with Gasteiger partial charge in [-0.1, -0.05) is 29.3 Å². The number of aromatic nitrogens is 4. The fourth-order valence-corrected chi connectivity index (χ4v) is 6.70. The van der Waals surface area contributed by atoms with Crippen molar-refractivity contribution in [3.8, 4) is 0 Å². The number of carbonyl (C=O) groups is 1. The lowest BCUT2D eigenvalue weighted by molar-refractivity contribution is -0.138. The van der Waals surface area contributed by atoms with E-state index in [2.05, 4.69) is 9.80 Å². The lowest BCUT2D eigenvalue weighted by Crippen LogP contribution is -2.55. The number of nitrogens with zero attached hydrogens (tertiary/aromatic N) is 6. The summed E-state index contributed by atoms with van der Waals surface area (Å²) in [7, 11) is 0. The predicted molar refractivity (Wildman–Crippen MR) is 148 cm³/mol. The first-order chi connectivity index (χ1) is 18.2. The number of fused-ring (bicyclic) bond motifs is 1. The van der Waals surface area contributed by atoms with Crippen molar-refractivity contribution in [2.75, 3.05) is 37.7 Å². The van der Waals surface area contributed by atoms with Crippen LogP contribution in [0.4, 0.5) is 5.82 Å². The summed E-state index contributed by atoms with van der Waals surface area (Å²) < 4.78 is 1.86. The fraction of sp³-hybridized carbons (Fsp3) is 0.556. The van der Waals surface area contributed by atoms with Gasteiger partial charge in [-0.2, -0.15) is 5.10 Å². The van der Waals surface area contributed by atoms with Crippen LogP contribution in [0.1, 0.15) is 49.9 Å². The Bertz CT molecular complexity index is 1320. The Morgan fingerprint density at radius 1 is 1.21 bits per heavy atom. The third-order valence-electron chi connectivity index (χ3n) is 8.07. The number of aliphatic hydroxyl groups is 1. The number of aliphatic carboxylic acids is 1. The first-order valence-corrected chi connectivity index (χ1v) is 14.0. The van der Waals surface area contributed by atoms with Gasteiger partial charge >= 0.3 is 5.97 Å². The molecule has 11 heteroatoms. The van der Waals surface area contributed by atoms with Crippen molar-refractivity contribution >= 4 is 46.2 Å². The SMILES string of the molecule is Cc1nn(C(C)c2ccc(Cl)cc2Cl)c2nc(N3CC[C@H](N4CCC[C@@H](CC(=O)O)C4)[C@H](CO)C3)cnc12. The molecule has 204 valence electrons. The maximum Gasteiger partial charge on any atom is 0.303 e. The van der Waals surface area contributed by atoms with Gasteiger partial charge in [0.1, 0.15) is 11.3 Å².